The lowest BCUT2D eigenvalue weighted by molar-refractivity contribution is -0.274. The number of carbonyl (C=O) groups excluding carboxylic acids is 3. The lowest BCUT2D eigenvalue weighted by atomic mass is 9.82. The zero-order valence-electron chi connectivity index (χ0n) is 18.8. The minimum atomic E-state index is -4.78. The van der Waals surface area contributed by atoms with Crippen molar-refractivity contribution >= 4 is 64.7 Å². The molecule has 0 saturated carbocycles. The van der Waals surface area contributed by atoms with Gasteiger partial charge in [-0.15, -0.1) is 0 Å². The summed E-state index contributed by atoms with van der Waals surface area (Å²) in [6.07, 6.45) is -8.15. The molecule has 2 rings (SSSR count). The summed E-state index contributed by atoms with van der Waals surface area (Å²) in [5.41, 5.74) is -1.20. The number of aldehydes is 1. The number of carboxylic acid groups (broad SMARTS) is 1. The van der Waals surface area contributed by atoms with Crippen LogP contribution >= 0.6 is 46.4 Å². The van der Waals surface area contributed by atoms with Gasteiger partial charge in [0.2, 0.25) is 5.91 Å². The molecular weight excluding hydrogens is 567 g/mol. The molecule has 1 atom stereocenters. The molecule has 0 radical (unpaired) electrons. The third kappa shape index (κ3) is 7.65. The molecule has 196 valence electrons. The number of hydrogen-bond acceptors (Lipinski definition) is 4. The zero-order valence-corrected chi connectivity index (χ0v) is 21.8. The van der Waals surface area contributed by atoms with Gasteiger partial charge >= 0.3 is 6.18 Å². The van der Waals surface area contributed by atoms with Crippen LogP contribution in [0, 0.1) is 0 Å². The van der Waals surface area contributed by atoms with Crippen molar-refractivity contribution in [2.45, 2.75) is 37.5 Å². The van der Waals surface area contributed by atoms with Gasteiger partial charge in [0, 0.05) is 26.6 Å². The van der Waals surface area contributed by atoms with Crippen molar-refractivity contribution in [3.63, 3.8) is 0 Å². The molecule has 0 aliphatic carbocycles. The standard InChI is InChI=1S/C23H21Cl4F3N2O4/c1-31(20(34)11-23(28,29)30)13-22(7-2-8-33,15-4-6-17(25)19(27)10-15)32(21(35)36)12-14-3-5-16(24)18(26)9-14/h3-6,8-10H,2,7,11-13H2,1H3,(H,35,36)/p-1/t22-/m1/s1. The van der Waals surface area contributed by atoms with Crippen LogP contribution in [0.1, 0.15) is 30.4 Å². The molecule has 0 aliphatic heterocycles. The number of amides is 2. The fraction of sp³-hybridized carbons (Fsp3) is 0.348. The summed E-state index contributed by atoms with van der Waals surface area (Å²) in [6, 6.07) is 8.49. The Morgan fingerprint density at radius 2 is 1.56 bits per heavy atom. The monoisotopic (exact) mass is 585 g/mol. The summed E-state index contributed by atoms with van der Waals surface area (Å²) in [5, 5.41) is 13.0. The minimum Gasteiger partial charge on any atom is -0.530 e. The van der Waals surface area contributed by atoms with Crippen LogP contribution in [0.4, 0.5) is 18.0 Å². The number of rotatable bonds is 10. The maximum atomic E-state index is 12.9. The molecule has 0 spiro atoms. The Hall–Kier alpha value is -2.20. The van der Waals surface area contributed by atoms with Crippen LogP contribution in [0.15, 0.2) is 36.4 Å². The summed E-state index contributed by atoms with van der Waals surface area (Å²) in [4.78, 5) is 37.8. The van der Waals surface area contributed by atoms with Crippen molar-refractivity contribution in [3.05, 3.63) is 67.6 Å². The first-order valence-electron chi connectivity index (χ1n) is 10.3. The lowest BCUT2D eigenvalue weighted by Gasteiger charge is -2.48. The van der Waals surface area contributed by atoms with E-state index in [0.29, 0.717) is 11.8 Å². The Balaban J connectivity index is 2.70. The number of alkyl halides is 3. The molecule has 0 bridgehead atoms. The summed E-state index contributed by atoms with van der Waals surface area (Å²) in [7, 11) is 1.11. The molecule has 2 aromatic rings. The van der Waals surface area contributed by atoms with Crippen LogP contribution in [0.2, 0.25) is 20.1 Å². The van der Waals surface area contributed by atoms with E-state index in [0.717, 1.165) is 16.8 Å². The molecule has 0 heterocycles. The van der Waals surface area contributed by atoms with Crippen molar-refractivity contribution < 1.29 is 32.7 Å². The van der Waals surface area contributed by atoms with Gasteiger partial charge in [-0.2, -0.15) is 13.2 Å². The summed E-state index contributed by atoms with van der Waals surface area (Å²) < 4.78 is 38.7. The van der Waals surface area contributed by atoms with Gasteiger partial charge in [0.25, 0.3) is 0 Å². The number of likely N-dealkylation sites (N-methyl/N-ethyl adjacent to an activating group) is 1. The molecule has 0 aromatic heterocycles. The van der Waals surface area contributed by atoms with E-state index in [1.165, 1.54) is 36.4 Å². The molecule has 36 heavy (non-hydrogen) atoms. The fourth-order valence-electron chi connectivity index (χ4n) is 3.77. The van der Waals surface area contributed by atoms with Crippen LogP contribution in [0.25, 0.3) is 0 Å². The van der Waals surface area contributed by atoms with Gasteiger partial charge in [0.15, 0.2) is 0 Å². The van der Waals surface area contributed by atoms with Crippen LogP contribution in [0.3, 0.4) is 0 Å². The second kappa shape index (κ2) is 12.4. The zero-order chi connectivity index (χ0) is 27.3. The van der Waals surface area contributed by atoms with E-state index in [1.807, 2.05) is 0 Å². The van der Waals surface area contributed by atoms with Crippen LogP contribution in [0.5, 0.6) is 0 Å². The Labute approximate surface area is 225 Å². The van der Waals surface area contributed by atoms with E-state index in [4.69, 9.17) is 46.4 Å². The number of benzene rings is 2. The highest BCUT2D eigenvalue weighted by Gasteiger charge is 2.42. The van der Waals surface area contributed by atoms with Gasteiger partial charge in [-0.25, -0.2) is 0 Å². The molecule has 0 unspecified atom stereocenters. The van der Waals surface area contributed by atoms with Gasteiger partial charge < -0.3 is 24.5 Å². The predicted octanol–water partition coefficient (Wildman–Crippen LogP) is 5.73. The maximum Gasteiger partial charge on any atom is 0.397 e. The first-order chi connectivity index (χ1) is 16.7. The maximum absolute atomic E-state index is 12.9. The molecule has 0 N–H and O–H groups in total. The molecular formula is C23H20Cl4F3N2O4-. The number of nitrogens with zero attached hydrogens (tertiary/aromatic N) is 2. The third-order valence-electron chi connectivity index (χ3n) is 5.47. The van der Waals surface area contributed by atoms with Gasteiger partial charge in [0.05, 0.1) is 25.6 Å². The van der Waals surface area contributed by atoms with E-state index in [9.17, 15) is 32.7 Å². The van der Waals surface area contributed by atoms with E-state index in [1.54, 1.807) is 0 Å². The Morgan fingerprint density at radius 1 is 0.972 bits per heavy atom. The molecule has 2 aromatic carbocycles. The van der Waals surface area contributed by atoms with Gasteiger partial charge in [-0.3, -0.25) is 4.79 Å². The second-order valence-corrected chi connectivity index (χ2v) is 9.64. The SMILES string of the molecule is CN(C[C@](CCC=O)(c1ccc(Cl)c(Cl)c1)N(Cc1ccc(Cl)c(Cl)c1)C(=O)[O-])C(=O)CC(F)(F)F. The highest BCUT2D eigenvalue weighted by atomic mass is 35.5. The van der Waals surface area contributed by atoms with E-state index in [-0.39, 0.29) is 45.0 Å². The van der Waals surface area contributed by atoms with Gasteiger partial charge in [-0.1, -0.05) is 58.5 Å². The number of hydrogen-bond donors (Lipinski definition) is 0. The van der Waals surface area contributed by atoms with E-state index < -0.39 is 36.7 Å². The average Bonchev–Trinajstić information content (AvgIpc) is 2.78. The third-order valence-corrected chi connectivity index (χ3v) is 6.95. The molecule has 0 fully saturated rings. The van der Waals surface area contributed by atoms with Gasteiger partial charge in [-0.05, 0) is 41.8 Å². The first kappa shape index (κ1) is 30.0. The molecule has 2 amide bonds. The summed E-state index contributed by atoms with van der Waals surface area (Å²) >= 11 is 24.2. The lowest BCUT2D eigenvalue weighted by Crippen LogP contribution is -2.59. The number of carbonyl (C=O) groups is 3. The first-order valence-corrected chi connectivity index (χ1v) is 11.8. The van der Waals surface area contributed by atoms with Crippen LogP contribution in [-0.4, -0.2) is 47.9 Å². The van der Waals surface area contributed by atoms with E-state index in [2.05, 4.69) is 0 Å². The predicted molar refractivity (Wildman–Crippen MR) is 129 cm³/mol. The highest BCUT2D eigenvalue weighted by Crippen LogP contribution is 2.39. The fourth-order valence-corrected chi connectivity index (χ4v) is 4.39. The minimum absolute atomic E-state index is 0.0294. The van der Waals surface area contributed by atoms with Gasteiger partial charge in [0.1, 0.15) is 18.8 Å². The topological polar surface area (TPSA) is 80.8 Å². The van der Waals surface area contributed by atoms with Crippen molar-refractivity contribution in [1.29, 1.82) is 0 Å². The van der Waals surface area contributed by atoms with E-state index >= 15 is 0 Å². The normalized spacial score (nSPS) is 13.1. The summed E-state index contributed by atoms with van der Waals surface area (Å²) in [5.74, 6) is -1.30. The van der Waals surface area contributed by atoms with Crippen LogP contribution < -0.4 is 5.11 Å². The molecule has 13 heteroatoms. The van der Waals surface area contributed by atoms with Crippen molar-refractivity contribution in [1.82, 2.24) is 9.80 Å². The highest BCUT2D eigenvalue weighted by molar-refractivity contribution is 6.42. The van der Waals surface area contributed by atoms with Crippen molar-refractivity contribution in [3.8, 4) is 0 Å². The Morgan fingerprint density at radius 3 is 2.06 bits per heavy atom. The Bertz CT molecular complexity index is 1130. The molecule has 0 saturated heterocycles. The largest absolute Gasteiger partial charge is 0.530 e. The molecule has 6 nitrogen and oxygen atoms in total. The summed E-state index contributed by atoms with van der Waals surface area (Å²) in [6.45, 7) is -0.914. The quantitative estimate of drug-likeness (QED) is 0.333. The molecule has 0 aliphatic rings. The second-order valence-electron chi connectivity index (χ2n) is 8.01. The van der Waals surface area contributed by atoms with Crippen LogP contribution in [-0.2, 0) is 21.7 Å². The number of halogens is 7. The smallest absolute Gasteiger partial charge is 0.397 e. The Kier molecular flexibility index (Phi) is 10.3. The van der Waals surface area contributed by atoms with Crippen molar-refractivity contribution in [2.75, 3.05) is 13.6 Å². The van der Waals surface area contributed by atoms with Crippen molar-refractivity contribution in [2.24, 2.45) is 0 Å². The average molecular weight is 587 g/mol.